The number of rotatable bonds is 3. The van der Waals surface area contributed by atoms with Gasteiger partial charge < -0.3 is 9.80 Å². The van der Waals surface area contributed by atoms with Gasteiger partial charge in [-0.3, -0.25) is 14.0 Å². The molecule has 3 aliphatic rings. The molecule has 0 aromatic carbocycles. The lowest BCUT2D eigenvalue weighted by Gasteiger charge is -2.42. The fraction of sp³-hybridized carbons (Fsp3) is 0.476. The molecule has 11 heteroatoms. The molecule has 32 heavy (non-hydrogen) atoms. The number of halogens is 4. The lowest BCUT2D eigenvalue weighted by Crippen LogP contribution is -2.56. The molecule has 2 amide bonds. The Labute approximate surface area is 191 Å². The van der Waals surface area contributed by atoms with Gasteiger partial charge in [0.2, 0.25) is 5.91 Å². The van der Waals surface area contributed by atoms with Crippen molar-refractivity contribution in [2.75, 3.05) is 25.4 Å². The first kappa shape index (κ1) is 21.6. The third-order valence-electron chi connectivity index (χ3n) is 6.36. The average molecular weight is 485 g/mol. The quantitative estimate of drug-likeness (QED) is 0.655. The maximum atomic E-state index is 13.8. The lowest BCUT2D eigenvalue weighted by molar-refractivity contribution is -0.139. The van der Waals surface area contributed by atoms with Crippen molar-refractivity contribution < 1.29 is 22.8 Å². The Morgan fingerprint density at radius 2 is 2.03 bits per heavy atom. The average Bonchev–Trinajstić information content (AvgIpc) is 3.35. The van der Waals surface area contributed by atoms with Crippen molar-refractivity contribution in [3.63, 3.8) is 0 Å². The number of hydrogen-bond acceptors (Lipinski definition) is 4. The largest absolute Gasteiger partial charge is 0.419 e. The molecular formula is C21H20ClF3N4O2S. The summed E-state index contributed by atoms with van der Waals surface area (Å²) < 4.78 is 42.6. The number of hydrogen-bond donors (Lipinski definition) is 0. The minimum absolute atomic E-state index is 0.124. The summed E-state index contributed by atoms with van der Waals surface area (Å²) in [5.41, 5.74) is -1.17. The highest BCUT2D eigenvalue weighted by Crippen LogP contribution is 2.38. The summed E-state index contributed by atoms with van der Waals surface area (Å²) in [6.45, 7) is 0.581. The van der Waals surface area contributed by atoms with Gasteiger partial charge >= 0.3 is 6.18 Å². The van der Waals surface area contributed by atoms with Crippen LogP contribution < -0.4 is 0 Å². The minimum Gasteiger partial charge on any atom is -0.336 e. The van der Waals surface area contributed by atoms with E-state index in [9.17, 15) is 22.8 Å². The number of amides is 2. The van der Waals surface area contributed by atoms with Crippen molar-refractivity contribution in [2.24, 2.45) is 0 Å². The molecule has 1 unspecified atom stereocenters. The molecule has 2 aliphatic heterocycles. The molecule has 2 aromatic rings. The molecule has 1 saturated carbocycles. The summed E-state index contributed by atoms with van der Waals surface area (Å²) in [4.78, 5) is 32.7. The number of aromatic nitrogens is 2. The van der Waals surface area contributed by atoms with Crippen LogP contribution in [0.5, 0.6) is 0 Å². The van der Waals surface area contributed by atoms with E-state index in [1.807, 2.05) is 11.5 Å². The van der Waals surface area contributed by atoms with Crippen LogP contribution >= 0.6 is 23.4 Å². The number of nitrogens with zero attached hydrogens (tertiary/aromatic N) is 4. The first-order valence-electron chi connectivity index (χ1n) is 10.4. The highest BCUT2D eigenvalue weighted by Gasteiger charge is 2.39. The van der Waals surface area contributed by atoms with E-state index >= 15 is 0 Å². The van der Waals surface area contributed by atoms with Gasteiger partial charge in [0.05, 0.1) is 5.56 Å². The molecule has 0 bridgehead atoms. The lowest BCUT2D eigenvalue weighted by atomic mass is 9.91. The molecule has 0 radical (unpaired) electrons. The van der Waals surface area contributed by atoms with Crippen LogP contribution in [0.4, 0.5) is 13.2 Å². The van der Waals surface area contributed by atoms with E-state index in [4.69, 9.17) is 11.6 Å². The van der Waals surface area contributed by atoms with Gasteiger partial charge in [-0.15, -0.1) is 11.8 Å². The molecule has 4 heterocycles. The van der Waals surface area contributed by atoms with Gasteiger partial charge in [0.15, 0.2) is 11.3 Å². The van der Waals surface area contributed by atoms with E-state index < -0.39 is 23.3 Å². The Kier molecular flexibility index (Phi) is 5.40. The predicted molar refractivity (Wildman–Crippen MR) is 115 cm³/mol. The SMILES string of the molecule is O=C(c1nc2c(C(F)(F)F)cc(C3C=CSC3)cn2c1Cl)N1CCN(C2CCC2)C(=O)C1. The number of alkyl halides is 3. The standard InChI is InChI=1S/C21H20ClF3N4O2S/c22-18-17(20(31)27-5-6-28(16(30)10-27)14-2-1-3-14)26-19-15(21(23,24)25)8-13(9-29(18)19)12-4-7-32-11-12/h4,7-9,12,14H,1-3,5-6,10-11H2. The van der Waals surface area contributed by atoms with Crippen molar-refractivity contribution in [1.82, 2.24) is 19.2 Å². The second kappa shape index (κ2) is 7.98. The summed E-state index contributed by atoms with van der Waals surface area (Å²) in [5, 5.41) is 1.67. The van der Waals surface area contributed by atoms with Gasteiger partial charge in [-0.2, -0.15) is 13.2 Å². The summed E-state index contributed by atoms with van der Waals surface area (Å²) in [6, 6.07) is 1.31. The van der Waals surface area contributed by atoms with Crippen LogP contribution in [0, 0.1) is 0 Å². The number of allylic oxidation sites excluding steroid dienone is 1. The molecule has 1 saturated heterocycles. The molecule has 0 spiro atoms. The predicted octanol–water partition coefficient (Wildman–Crippen LogP) is 4.19. The maximum Gasteiger partial charge on any atom is 0.419 e. The van der Waals surface area contributed by atoms with Gasteiger partial charge in [0.1, 0.15) is 11.7 Å². The van der Waals surface area contributed by atoms with Crippen molar-refractivity contribution in [3.8, 4) is 0 Å². The molecule has 170 valence electrons. The van der Waals surface area contributed by atoms with E-state index in [0.717, 1.165) is 29.7 Å². The maximum absolute atomic E-state index is 13.8. The number of thioether (sulfide) groups is 1. The summed E-state index contributed by atoms with van der Waals surface area (Å²) in [6.07, 6.45) is 1.72. The summed E-state index contributed by atoms with van der Waals surface area (Å²) >= 11 is 7.91. The zero-order valence-corrected chi connectivity index (χ0v) is 18.5. The van der Waals surface area contributed by atoms with Gasteiger partial charge in [-0.05, 0) is 36.3 Å². The molecule has 2 fully saturated rings. The number of carbonyl (C=O) groups is 2. The fourth-order valence-corrected chi connectivity index (χ4v) is 5.53. The molecule has 1 atom stereocenters. The topological polar surface area (TPSA) is 57.9 Å². The first-order valence-corrected chi connectivity index (χ1v) is 11.8. The van der Waals surface area contributed by atoms with Gasteiger partial charge in [-0.1, -0.05) is 17.7 Å². The van der Waals surface area contributed by atoms with E-state index in [-0.39, 0.29) is 35.3 Å². The Morgan fingerprint density at radius 3 is 2.62 bits per heavy atom. The van der Waals surface area contributed by atoms with Crippen molar-refractivity contribution in [2.45, 2.75) is 37.4 Å². The second-order valence-corrected chi connectivity index (χ2v) is 9.59. The van der Waals surface area contributed by atoms with Gasteiger partial charge in [0, 0.05) is 37.0 Å². The second-order valence-electron chi connectivity index (χ2n) is 8.30. The monoisotopic (exact) mass is 484 g/mol. The smallest absolute Gasteiger partial charge is 0.336 e. The van der Waals surface area contributed by atoms with Crippen LogP contribution in [0.3, 0.4) is 0 Å². The van der Waals surface area contributed by atoms with Crippen LogP contribution in [0.15, 0.2) is 23.7 Å². The van der Waals surface area contributed by atoms with Gasteiger partial charge in [-0.25, -0.2) is 4.98 Å². The van der Waals surface area contributed by atoms with Crippen LogP contribution in [-0.2, 0) is 11.0 Å². The van der Waals surface area contributed by atoms with Crippen LogP contribution in [0.2, 0.25) is 5.15 Å². The Morgan fingerprint density at radius 1 is 1.25 bits per heavy atom. The van der Waals surface area contributed by atoms with Crippen molar-refractivity contribution in [3.05, 3.63) is 45.7 Å². The molecule has 6 nitrogen and oxygen atoms in total. The minimum atomic E-state index is -4.66. The number of imidazole rings is 1. The Bertz CT molecular complexity index is 1130. The number of pyridine rings is 1. The van der Waals surface area contributed by atoms with Crippen LogP contribution in [0.25, 0.3) is 5.65 Å². The Balaban J connectivity index is 1.49. The van der Waals surface area contributed by atoms with Crippen molar-refractivity contribution in [1.29, 1.82) is 0 Å². The highest BCUT2D eigenvalue weighted by atomic mass is 35.5. The van der Waals surface area contributed by atoms with E-state index in [1.54, 1.807) is 4.90 Å². The zero-order chi connectivity index (χ0) is 22.6. The number of fused-ring (bicyclic) bond motifs is 1. The third kappa shape index (κ3) is 3.67. The molecule has 2 aromatic heterocycles. The summed E-state index contributed by atoms with van der Waals surface area (Å²) in [5.74, 6) is -0.335. The summed E-state index contributed by atoms with van der Waals surface area (Å²) in [7, 11) is 0. The third-order valence-corrected chi connectivity index (χ3v) is 7.62. The molecule has 5 rings (SSSR count). The molecular weight excluding hydrogens is 465 g/mol. The van der Waals surface area contributed by atoms with Gasteiger partial charge in [0.25, 0.3) is 5.91 Å². The normalized spacial score (nSPS) is 22.1. The number of carbonyl (C=O) groups excluding carboxylic acids is 2. The zero-order valence-electron chi connectivity index (χ0n) is 16.9. The number of piperazine rings is 1. The van der Waals surface area contributed by atoms with E-state index in [0.29, 0.717) is 24.4 Å². The fourth-order valence-electron chi connectivity index (χ4n) is 4.35. The van der Waals surface area contributed by atoms with Crippen molar-refractivity contribution >= 4 is 40.8 Å². The van der Waals surface area contributed by atoms with Crippen LogP contribution in [-0.4, -0.2) is 62.4 Å². The Hall–Kier alpha value is -2.20. The molecule has 0 N–H and O–H groups in total. The highest BCUT2D eigenvalue weighted by molar-refractivity contribution is 8.02. The first-order chi connectivity index (χ1) is 15.2. The molecule has 1 aliphatic carbocycles. The van der Waals surface area contributed by atoms with E-state index in [2.05, 4.69) is 4.98 Å². The van der Waals surface area contributed by atoms with E-state index in [1.165, 1.54) is 22.9 Å². The van der Waals surface area contributed by atoms with Crippen LogP contribution in [0.1, 0.15) is 46.8 Å².